The SMILES string of the molecule is CNC(c1ccc2c(c1)CCO2)C1CC(N)C1. The van der Waals surface area contributed by atoms with Crippen LogP contribution in [0.1, 0.15) is 30.0 Å². The molecular formula is C14H20N2O. The van der Waals surface area contributed by atoms with Crippen molar-refractivity contribution in [2.45, 2.75) is 31.3 Å². The molecule has 1 atom stereocenters. The summed E-state index contributed by atoms with van der Waals surface area (Å²) in [6.45, 7) is 0.831. The van der Waals surface area contributed by atoms with E-state index >= 15 is 0 Å². The lowest BCUT2D eigenvalue weighted by molar-refractivity contribution is 0.204. The van der Waals surface area contributed by atoms with Crippen LogP contribution in [0.2, 0.25) is 0 Å². The molecule has 0 amide bonds. The van der Waals surface area contributed by atoms with E-state index in [0.29, 0.717) is 18.0 Å². The lowest BCUT2D eigenvalue weighted by atomic mass is 9.74. The molecule has 1 heterocycles. The van der Waals surface area contributed by atoms with Gasteiger partial charge in [-0.05, 0) is 43.0 Å². The molecule has 1 unspecified atom stereocenters. The molecule has 1 fully saturated rings. The van der Waals surface area contributed by atoms with E-state index in [9.17, 15) is 0 Å². The molecule has 0 bridgehead atoms. The van der Waals surface area contributed by atoms with E-state index in [1.165, 1.54) is 11.1 Å². The van der Waals surface area contributed by atoms with E-state index in [0.717, 1.165) is 31.6 Å². The van der Waals surface area contributed by atoms with Gasteiger partial charge in [0.1, 0.15) is 5.75 Å². The summed E-state index contributed by atoms with van der Waals surface area (Å²) in [5, 5.41) is 3.44. The molecule has 92 valence electrons. The average molecular weight is 232 g/mol. The van der Waals surface area contributed by atoms with E-state index in [2.05, 4.69) is 23.5 Å². The van der Waals surface area contributed by atoms with Gasteiger partial charge in [0.2, 0.25) is 0 Å². The number of hydrogen-bond donors (Lipinski definition) is 2. The monoisotopic (exact) mass is 232 g/mol. The lowest BCUT2D eigenvalue weighted by Crippen LogP contribution is -2.42. The molecule has 3 heteroatoms. The molecule has 3 N–H and O–H groups in total. The highest BCUT2D eigenvalue weighted by Crippen LogP contribution is 2.38. The Labute approximate surface area is 102 Å². The quantitative estimate of drug-likeness (QED) is 0.832. The van der Waals surface area contributed by atoms with Crippen LogP contribution in [0.15, 0.2) is 18.2 Å². The van der Waals surface area contributed by atoms with Crippen molar-refractivity contribution < 1.29 is 4.74 Å². The smallest absolute Gasteiger partial charge is 0.122 e. The van der Waals surface area contributed by atoms with Crippen molar-refractivity contribution in [1.82, 2.24) is 5.32 Å². The third-order valence-corrected chi connectivity index (χ3v) is 4.07. The van der Waals surface area contributed by atoms with Crippen LogP contribution in [0.4, 0.5) is 0 Å². The van der Waals surface area contributed by atoms with E-state index < -0.39 is 0 Å². The molecular weight excluding hydrogens is 212 g/mol. The highest BCUT2D eigenvalue weighted by molar-refractivity contribution is 5.41. The Morgan fingerprint density at radius 2 is 2.24 bits per heavy atom. The second-order valence-corrected chi connectivity index (χ2v) is 5.22. The Kier molecular flexibility index (Phi) is 2.81. The third kappa shape index (κ3) is 1.94. The van der Waals surface area contributed by atoms with Crippen molar-refractivity contribution in [3.63, 3.8) is 0 Å². The van der Waals surface area contributed by atoms with Crippen LogP contribution >= 0.6 is 0 Å². The highest BCUT2D eigenvalue weighted by atomic mass is 16.5. The Balaban J connectivity index is 1.82. The van der Waals surface area contributed by atoms with E-state index in [1.54, 1.807) is 0 Å². The predicted molar refractivity (Wildman–Crippen MR) is 68.1 cm³/mol. The van der Waals surface area contributed by atoms with Crippen LogP contribution in [0.5, 0.6) is 5.75 Å². The molecule has 0 spiro atoms. The van der Waals surface area contributed by atoms with Gasteiger partial charge in [-0.1, -0.05) is 12.1 Å². The summed E-state index contributed by atoms with van der Waals surface area (Å²) in [7, 11) is 2.04. The van der Waals surface area contributed by atoms with Crippen LogP contribution in [0, 0.1) is 5.92 Å². The fourth-order valence-electron chi connectivity index (χ4n) is 3.06. The molecule has 17 heavy (non-hydrogen) atoms. The molecule has 0 aromatic heterocycles. The van der Waals surface area contributed by atoms with Gasteiger partial charge in [-0.2, -0.15) is 0 Å². The van der Waals surface area contributed by atoms with Crippen LogP contribution < -0.4 is 15.8 Å². The molecule has 3 nitrogen and oxygen atoms in total. The van der Waals surface area contributed by atoms with Crippen molar-refractivity contribution in [2.24, 2.45) is 11.7 Å². The summed E-state index contributed by atoms with van der Waals surface area (Å²) < 4.78 is 5.54. The number of nitrogens with two attached hydrogens (primary N) is 1. The fourth-order valence-corrected chi connectivity index (χ4v) is 3.06. The Hall–Kier alpha value is -1.06. The summed E-state index contributed by atoms with van der Waals surface area (Å²) >= 11 is 0. The maximum atomic E-state index is 5.88. The van der Waals surface area contributed by atoms with Gasteiger partial charge in [-0.15, -0.1) is 0 Å². The summed E-state index contributed by atoms with van der Waals surface area (Å²) in [6.07, 6.45) is 3.32. The van der Waals surface area contributed by atoms with Crippen LogP contribution in [-0.4, -0.2) is 19.7 Å². The van der Waals surface area contributed by atoms with Gasteiger partial charge in [0.05, 0.1) is 6.61 Å². The summed E-state index contributed by atoms with van der Waals surface area (Å²) in [4.78, 5) is 0. The summed E-state index contributed by atoms with van der Waals surface area (Å²) in [5.74, 6) is 1.75. The van der Waals surface area contributed by atoms with Crippen molar-refractivity contribution in [3.05, 3.63) is 29.3 Å². The van der Waals surface area contributed by atoms with Gasteiger partial charge in [0, 0.05) is 18.5 Å². The Morgan fingerprint density at radius 3 is 2.94 bits per heavy atom. The number of nitrogens with one attached hydrogen (secondary N) is 1. The number of benzene rings is 1. The van der Waals surface area contributed by atoms with Gasteiger partial charge in [-0.3, -0.25) is 0 Å². The normalized spacial score (nSPS) is 28.1. The first kappa shape index (κ1) is 11.1. The van der Waals surface area contributed by atoms with Gasteiger partial charge >= 0.3 is 0 Å². The zero-order valence-corrected chi connectivity index (χ0v) is 10.3. The third-order valence-electron chi connectivity index (χ3n) is 4.07. The first-order valence-electron chi connectivity index (χ1n) is 6.46. The standard InChI is InChI=1S/C14H20N2O/c1-16-14(11-7-12(15)8-11)10-2-3-13-9(6-10)4-5-17-13/h2-3,6,11-12,14,16H,4-5,7-8,15H2,1H3. The summed E-state index contributed by atoms with van der Waals surface area (Å²) in [6, 6.07) is 7.46. The molecule has 1 aromatic carbocycles. The molecule has 2 aliphatic rings. The van der Waals surface area contributed by atoms with Crippen molar-refractivity contribution in [3.8, 4) is 5.75 Å². The maximum absolute atomic E-state index is 5.88. The van der Waals surface area contributed by atoms with Gasteiger partial charge in [0.15, 0.2) is 0 Å². The minimum atomic E-state index is 0.411. The molecule has 1 aliphatic heterocycles. The van der Waals surface area contributed by atoms with Crippen molar-refractivity contribution >= 4 is 0 Å². The highest BCUT2D eigenvalue weighted by Gasteiger charge is 2.33. The molecule has 3 rings (SSSR count). The Morgan fingerprint density at radius 1 is 1.41 bits per heavy atom. The van der Waals surface area contributed by atoms with Crippen LogP contribution in [-0.2, 0) is 6.42 Å². The lowest BCUT2D eigenvalue weighted by Gasteiger charge is -2.38. The zero-order chi connectivity index (χ0) is 11.8. The first-order valence-corrected chi connectivity index (χ1v) is 6.46. The van der Waals surface area contributed by atoms with E-state index in [4.69, 9.17) is 10.5 Å². The zero-order valence-electron chi connectivity index (χ0n) is 10.3. The second kappa shape index (κ2) is 4.31. The van der Waals surface area contributed by atoms with E-state index in [1.807, 2.05) is 7.05 Å². The minimum absolute atomic E-state index is 0.411. The first-order chi connectivity index (χ1) is 8.28. The molecule has 0 radical (unpaired) electrons. The predicted octanol–water partition coefficient (Wildman–Crippen LogP) is 1.62. The van der Waals surface area contributed by atoms with Gasteiger partial charge in [0.25, 0.3) is 0 Å². The molecule has 0 saturated heterocycles. The van der Waals surface area contributed by atoms with Crippen LogP contribution in [0.3, 0.4) is 0 Å². The number of hydrogen-bond acceptors (Lipinski definition) is 3. The number of ether oxygens (including phenoxy) is 1. The molecule has 1 saturated carbocycles. The van der Waals surface area contributed by atoms with E-state index in [-0.39, 0.29) is 0 Å². The summed E-state index contributed by atoms with van der Waals surface area (Å²) in [5.41, 5.74) is 8.62. The Bertz CT molecular complexity index is 413. The van der Waals surface area contributed by atoms with Crippen molar-refractivity contribution in [1.29, 1.82) is 0 Å². The topological polar surface area (TPSA) is 47.3 Å². The number of rotatable bonds is 3. The number of fused-ring (bicyclic) bond motifs is 1. The maximum Gasteiger partial charge on any atom is 0.122 e. The van der Waals surface area contributed by atoms with Gasteiger partial charge < -0.3 is 15.8 Å². The van der Waals surface area contributed by atoms with Crippen molar-refractivity contribution in [2.75, 3.05) is 13.7 Å². The second-order valence-electron chi connectivity index (χ2n) is 5.22. The molecule has 1 aliphatic carbocycles. The fraction of sp³-hybridized carbons (Fsp3) is 0.571. The van der Waals surface area contributed by atoms with Crippen LogP contribution in [0.25, 0.3) is 0 Å². The average Bonchev–Trinajstić information content (AvgIpc) is 2.75. The largest absolute Gasteiger partial charge is 0.493 e. The molecule has 1 aromatic rings. The van der Waals surface area contributed by atoms with Gasteiger partial charge in [-0.25, -0.2) is 0 Å². The minimum Gasteiger partial charge on any atom is -0.493 e.